The maximum Gasteiger partial charge on any atom is 0.328 e. The summed E-state index contributed by atoms with van der Waals surface area (Å²) in [5, 5.41) is 11.2. The smallest absolute Gasteiger partial charge is 0.328 e. The Hall–Kier alpha value is -3.32. The maximum atomic E-state index is 13.4. The van der Waals surface area contributed by atoms with Crippen LogP contribution in [0.5, 0.6) is 5.75 Å². The van der Waals surface area contributed by atoms with E-state index < -0.39 is 12.1 Å². The summed E-state index contributed by atoms with van der Waals surface area (Å²) in [4.78, 5) is 35.3. The highest BCUT2D eigenvalue weighted by Crippen LogP contribution is 2.44. The van der Waals surface area contributed by atoms with Gasteiger partial charge in [0.2, 0.25) is 0 Å². The fraction of sp³-hybridized carbons (Fsp3) is 0.333. The number of phenols is 1. The molecule has 2 aliphatic rings. The number of nitrogens with one attached hydrogen (secondary N) is 1. The summed E-state index contributed by atoms with van der Waals surface area (Å²) in [6, 6.07) is 11.9. The minimum Gasteiger partial charge on any atom is -0.508 e. The van der Waals surface area contributed by atoms with E-state index in [1.165, 1.54) is 4.90 Å². The number of imide groups is 1. The SMILES string of the molecule is Cc1ccc2[nH]c3c(c2c1)CC1C(=O)N(CCN(C)C)C(=O)N1C3c1cccc(O)c1. The van der Waals surface area contributed by atoms with Crippen molar-refractivity contribution in [3.8, 4) is 5.75 Å². The van der Waals surface area contributed by atoms with E-state index in [4.69, 9.17) is 0 Å². The van der Waals surface area contributed by atoms with E-state index in [2.05, 4.69) is 11.1 Å². The third kappa shape index (κ3) is 3.08. The van der Waals surface area contributed by atoms with E-state index in [9.17, 15) is 14.7 Å². The second-order valence-electron chi connectivity index (χ2n) is 8.77. The van der Waals surface area contributed by atoms with Crippen molar-refractivity contribution in [1.82, 2.24) is 19.7 Å². The van der Waals surface area contributed by atoms with Crippen LogP contribution in [0.15, 0.2) is 42.5 Å². The molecule has 7 nitrogen and oxygen atoms in total. The fourth-order valence-corrected chi connectivity index (χ4v) is 4.84. The van der Waals surface area contributed by atoms with Gasteiger partial charge in [-0.05, 0) is 56.4 Å². The minimum atomic E-state index is -0.547. The van der Waals surface area contributed by atoms with Crippen molar-refractivity contribution in [1.29, 1.82) is 0 Å². The highest BCUT2D eigenvalue weighted by atomic mass is 16.3. The van der Waals surface area contributed by atoms with Crippen LogP contribution in [-0.4, -0.2) is 70.0 Å². The van der Waals surface area contributed by atoms with Crippen LogP contribution in [0.2, 0.25) is 0 Å². The average molecular weight is 418 g/mol. The lowest BCUT2D eigenvalue weighted by atomic mass is 9.88. The standard InChI is InChI=1S/C24H26N4O3/c1-14-7-8-19-17(11-14)18-13-20-23(30)27(10-9-26(2)3)24(31)28(20)22(21(18)25-19)15-5-4-6-16(29)12-15/h4-8,11-12,20,22,25,29H,9-10,13H2,1-3H3. The Labute approximate surface area is 180 Å². The molecule has 5 rings (SSSR count). The first-order valence-electron chi connectivity index (χ1n) is 10.5. The summed E-state index contributed by atoms with van der Waals surface area (Å²) in [5.74, 6) is -0.0137. The number of carbonyl (C=O) groups excluding carboxylic acids is 2. The van der Waals surface area contributed by atoms with Crippen LogP contribution in [0.3, 0.4) is 0 Å². The quantitative estimate of drug-likeness (QED) is 0.639. The predicted octanol–water partition coefficient (Wildman–Crippen LogP) is 3.02. The zero-order valence-electron chi connectivity index (χ0n) is 17.9. The molecular weight excluding hydrogens is 392 g/mol. The second-order valence-corrected chi connectivity index (χ2v) is 8.77. The molecule has 2 atom stereocenters. The number of amides is 3. The predicted molar refractivity (Wildman–Crippen MR) is 118 cm³/mol. The lowest BCUT2D eigenvalue weighted by Crippen LogP contribution is -2.44. The number of benzene rings is 2. The third-order valence-electron chi connectivity index (χ3n) is 6.34. The zero-order chi connectivity index (χ0) is 21.9. The van der Waals surface area contributed by atoms with Gasteiger partial charge in [-0.25, -0.2) is 4.79 Å². The van der Waals surface area contributed by atoms with Gasteiger partial charge in [0.25, 0.3) is 5.91 Å². The molecule has 3 heterocycles. The number of aromatic nitrogens is 1. The van der Waals surface area contributed by atoms with E-state index >= 15 is 0 Å². The summed E-state index contributed by atoms with van der Waals surface area (Å²) in [6.45, 7) is 3.02. The monoisotopic (exact) mass is 418 g/mol. The van der Waals surface area contributed by atoms with Crippen molar-refractivity contribution in [2.24, 2.45) is 0 Å². The number of aryl methyl sites for hydroxylation is 1. The van der Waals surface area contributed by atoms with E-state index in [-0.39, 0.29) is 17.7 Å². The average Bonchev–Trinajstić information content (AvgIpc) is 3.20. The van der Waals surface area contributed by atoms with E-state index in [1.807, 2.05) is 44.1 Å². The Morgan fingerprint density at radius 2 is 1.97 bits per heavy atom. The maximum absolute atomic E-state index is 13.4. The van der Waals surface area contributed by atoms with Crippen molar-refractivity contribution in [2.75, 3.05) is 27.2 Å². The molecule has 3 aromatic rings. The van der Waals surface area contributed by atoms with Crippen LogP contribution in [0.25, 0.3) is 10.9 Å². The summed E-state index contributed by atoms with van der Waals surface area (Å²) >= 11 is 0. The van der Waals surface area contributed by atoms with Crippen LogP contribution in [0, 0.1) is 6.92 Å². The molecule has 1 aromatic heterocycles. The molecule has 1 fully saturated rings. The van der Waals surface area contributed by atoms with Crippen LogP contribution in [-0.2, 0) is 11.2 Å². The van der Waals surface area contributed by atoms with E-state index in [1.54, 1.807) is 23.1 Å². The number of urea groups is 1. The summed E-state index contributed by atoms with van der Waals surface area (Å²) in [5.41, 5.74) is 4.91. The number of rotatable bonds is 4. The third-order valence-corrected chi connectivity index (χ3v) is 6.34. The molecule has 2 N–H and O–H groups in total. The Morgan fingerprint density at radius 3 is 2.71 bits per heavy atom. The number of carbonyl (C=O) groups is 2. The first-order valence-corrected chi connectivity index (χ1v) is 10.5. The van der Waals surface area contributed by atoms with E-state index in [0.29, 0.717) is 19.5 Å². The molecule has 0 spiro atoms. The molecule has 0 radical (unpaired) electrons. The number of fused-ring (bicyclic) bond motifs is 4. The van der Waals surface area contributed by atoms with Gasteiger partial charge in [0, 0.05) is 36.1 Å². The number of likely N-dealkylation sites (N-methyl/N-ethyl adjacent to an activating group) is 1. The second kappa shape index (κ2) is 7.13. The summed E-state index contributed by atoms with van der Waals surface area (Å²) in [7, 11) is 3.85. The van der Waals surface area contributed by atoms with Crippen molar-refractivity contribution in [2.45, 2.75) is 25.4 Å². The van der Waals surface area contributed by atoms with Crippen molar-refractivity contribution in [3.05, 3.63) is 64.8 Å². The molecule has 2 aromatic carbocycles. The molecular formula is C24H26N4O3. The van der Waals surface area contributed by atoms with Gasteiger partial charge >= 0.3 is 6.03 Å². The van der Waals surface area contributed by atoms with Crippen LogP contribution < -0.4 is 0 Å². The van der Waals surface area contributed by atoms with Gasteiger partial charge in [-0.2, -0.15) is 0 Å². The number of H-pyrrole nitrogens is 1. The van der Waals surface area contributed by atoms with Crippen LogP contribution in [0.1, 0.15) is 28.4 Å². The van der Waals surface area contributed by atoms with Crippen molar-refractivity contribution in [3.63, 3.8) is 0 Å². The first-order chi connectivity index (χ1) is 14.8. The Kier molecular flexibility index (Phi) is 4.51. The van der Waals surface area contributed by atoms with Gasteiger partial charge in [-0.3, -0.25) is 14.6 Å². The van der Waals surface area contributed by atoms with Gasteiger partial charge in [-0.15, -0.1) is 0 Å². The molecule has 160 valence electrons. The molecule has 3 amide bonds. The summed E-state index contributed by atoms with van der Waals surface area (Å²) in [6.07, 6.45) is 0.483. The highest BCUT2D eigenvalue weighted by molar-refractivity contribution is 6.05. The number of nitrogens with zero attached hydrogens (tertiary/aromatic N) is 3. The molecule has 7 heteroatoms. The van der Waals surface area contributed by atoms with Crippen molar-refractivity contribution >= 4 is 22.8 Å². The first kappa shape index (κ1) is 19.6. The van der Waals surface area contributed by atoms with Crippen LogP contribution >= 0.6 is 0 Å². The molecule has 2 unspecified atom stereocenters. The molecule has 0 saturated carbocycles. The summed E-state index contributed by atoms with van der Waals surface area (Å²) < 4.78 is 0. The van der Waals surface area contributed by atoms with E-state index in [0.717, 1.165) is 33.3 Å². The van der Waals surface area contributed by atoms with Gasteiger partial charge in [0.1, 0.15) is 17.8 Å². The van der Waals surface area contributed by atoms with Gasteiger partial charge in [0.15, 0.2) is 0 Å². The fourth-order valence-electron chi connectivity index (χ4n) is 4.84. The van der Waals surface area contributed by atoms with Gasteiger partial charge in [-0.1, -0.05) is 23.8 Å². The normalized spacial score (nSPS) is 20.6. The topological polar surface area (TPSA) is 79.9 Å². The zero-order valence-corrected chi connectivity index (χ0v) is 17.9. The number of phenolic OH excluding ortho intramolecular Hbond substituents is 1. The largest absolute Gasteiger partial charge is 0.508 e. The lowest BCUT2D eigenvalue weighted by molar-refractivity contribution is -0.128. The van der Waals surface area contributed by atoms with Crippen LogP contribution in [0.4, 0.5) is 4.79 Å². The molecule has 31 heavy (non-hydrogen) atoms. The number of aromatic hydroxyl groups is 1. The number of aromatic amines is 1. The molecule has 1 saturated heterocycles. The Morgan fingerprint density at radius 1 is 1.16 bits per heavy atom. The minimum absolute atomic E-state index is 0.135. The Bertz CT molecular complexity index is 1200. The molecule has 2 aliphatic heterocycles. The molecule has 0 aliphatic carbocycles. The van der Waals surface area contributed by atoms with Gasteiger partial charge in [0.05, 0.1) is 0 Å². The Balaban J connectivity index is 1.67. The number of hydrogen-bond acceptors (Lipinski definition) is 4. The molecule has 0 bridgehead atoms. The van der Waals surface area contributed by atoms with Crippen molar-refractivity contribution < 1.29 is 14.7 Å². The highest BCUT2D eigenvalue weighted by Gasteiger charge is 2.52. The van der Waals surface area contributed by atoms with Gasteiger partial charge < -0.3 is 15.0 Å². The lowest BCUT2D eigenvalue weighted by Gasteiger charge is -2.36. The number of hydrogen-bond donors (Lipinski definition) is 2.